The van der Waals surface area contributed by atoms with Crippen molar-refractivity contribution in [2.45, 2.75) is 124 Å². The van der Waals surface area contributed by atoms with Gasteiger partial charge in [0.1, 0.15) is 17.3 Å². The summed E-state index contributed by atoms with van der Waals surface area (Å²) in [4.78, 5) is 9.96. The Labute approximate surface area is 406 Å². The van der Waals surface area contributed by atoms with E-state index in [9.17, 15) is 0 Å². The molecule has 0 radical (unpaired) electrons. The van der Waals surface area contributed by atoms with Crippen LogP contribution in [0.4, 0.5) is 11.4 Å². The minimum Gasteiger partial charge on any atom is -0.457 e. The Morgan fingerprint density at radius 3 is 1.68 bits per heavy atom. The van der Waals surface area contributed by atoms with E-state index in [0.717, 1.165) is 39.4 Å². The lowest BCUT2D eigenvalue weighted by Gasteiger charge is -2.36. The van der Waals surface area contributed by atoms with E-state index in [4.69, 9.17) is 9.72 Å². The van der Waals surface area contributed by atoms with Crippen LogP contribution in [0.5, 0.6) is 11.5 Å². The van der Waals surface area contributed by atoms with E-state index in [-0.39, 0.29) is 27.1 Å². The number of aromatic nitrogens is 2. The van der Waals surface area contributed by atoms with Gasteiger partial charge in [0.2, 0.25) is 0 Å². The second kappa shape index (κ2) is 16.9. The molecule has 0 saturated heterocycles. The molecule has 0 amide bonds. The van der Waals surface area contributed by atoms with Crippen LogP contribution >= 0.6 is 0 Å². The molecule has 0 N–H and O–H groups in total. The fraction of sp³-hybridized carbons (Fsp3) is 0.317. The number of hydrogen-bond donors (Lipinski definition) is 0. The minimum atomic E-state index is -0.298. The molecule has 5 heteroatoms. The molecular weight excluding hydrogens is 829 g/mol. The molecule has 9 rings (SSSR count). The first-order valence-corrected chi connectivity index (χ1v) is 24.4. The molecular formula is C63H70N4O. The van der Waals surface area contributed by atoms with Crippen LogP contribution in [-0.2, 0) is 27.1 Å². The van der Waals surface area contributed by atoms with Gasteiger partial charge in [-0.2, -0.15) is 0 Å². The van der Waals surface area contributed by atoms with Gasteiger partial charge in [-0.1, -0.05) is 170 Å². The van der Waals surface area contributed by atoms with Gasteiger partial charge < -0.3 is 14.5 Å². The zero-order valence-electron chi connectivity index (χ0n) is 42.9. The Balaban J connectivity index is 1.17. The maximum absolute atomic E-state index is 7.07. The Kier molecular flexibility index (Phi) is 11.5. The van der Waals surface area contributed by atoms with Crippen molar-refractivity contribution in [3.63, 3.8) is 0 Å². The average Bonchev–Trinajstić information content (AvgIpc) is 3.89. The second-order valence-corrected chi connectivity index (χ2v) is 23.6. The Morgan fingerprint density at radius 1 is 0.441 bits per heavy atom. The lowest BCUT2D eigenvalue weighted by Crippen LogP contribution is -2.34. The first-order chi connectivity index (χ1) is 31.9. The predicted molar refractivity (Wildman–Crippen MR) is 289 cm³/mol. The van der Waals surface area contributed by atoms with E-state index in [0.29, 0.717) is 6.67 Å². The number of nitrogens with zero attached hydrogens (tertiary/aromatic N) is 4. The average molecular weight is 899 g/mol. The van der Waals surface area contributed by atoms with Gasteiger partial charge in [-0.05, 0) is 121 Å². The van der Waals surface area contributed by atoms with Crippen molar-refractivity contribution in [1.82, 2.24) is 9.55 Å². The van der Waals surface area contributed by atoms with Crippen molar-refractivity contribution >= 4 is 33.2 Å². The number of hydrogen-bond acceptors (Lipinski definition) is 4. The number of benzene rings is 6. The summed E-state index contributed by atoms with van der Waals surface area (Å²) in [5, 5.41) is 2.33. The first kappa shape index (κ1) is 46.5. The van der Waals surface area contributed by atoms with E-state index >= 15 is 0 Å². The van der Waals surface area contributed by atoms with E-state index in [1.54, 1.807) is 0 Å². The number of fused-ring (bicyclic) bond motifs is 3. The molecule has 0 bridgehead atoms. The summed E-state index contributed by atoms with van der Waals surface area (Å²) in [7, 11) is 0. The highest BCUT2D eigenvalue weighted by molar-refractivity contribution is 6.10. The van der Waals surface area contributed by atoms with Crippen LogP contribution in [0.25, 0.3) is 38.8 Å². The highest BCUT2D eigenvalue weighted by Gasteiger charge is 2.37. The van der Waals surface area contributed by atoms with E-state index in [1.807, 2.05) is 6.20 Å². The lowest BCUT2D eigenvalue weighted by molar-refractivity contribution is 0.479. The normalized spacial score (nSPS) is 14.0. The molecule has 1 aliphatic rings. The van der Waals surface area contributed by atoms with Gasteiger partial charge >= 0.3 is 0 Å². The van der Waals surface area contributed by atoms with Gasteiger partial charge in [0.05, 0.1) is 17.7 Å². The highest BCUT2D eigenvalue weighted by atomic mass is 16.5. The summed E-state index contributed by atoms with van der Waals surface area (Å²) in [6.07, 6.45) is 4.32. The molecule has 0 spiro atoms. The van der Waals surface area contributed by atoms with Crippen LogP contribution in [0.15, 0.2) is 164 Å². The number of ether oxygens (including phenoxy) is 1. The number of anilines is 2. The molecule has 0 saturated carbocycles. The molecule has 348 valence electrons. The summed E-state index contributed by atoms with van der Waals surface area (Å²) < 4.78 is 9.37. The molecule has 0 aliphatic carbocycles. The van der Waals surface area contributed by atoms with Gasteiger partial charge in [-0.15, -0.1) is 0 Å². The standard InChI is InChI=1S/C63H70N4O/c1-59(2,3)45-29-30-64-58(37-45)67-55-28-25-43(42-21-17-15-18-22-42)31-54(55)53-27-26-51(39-56(53)67)68-52-36-48(62(10,11)12)33-49(38-52)65-40-57(63(13,14)44-23-19-16-20-24-44)66(41-65)50-34-46(60(4,5)6)32-47(35-50)61(7,8)9/h15-40H,41H2,1-14H3. The topological polar surface area (TPSA) is 33.5 Å². The van der Waals surface area contributed by atoms with Crippen molar-refractivity contribution in [2.75, 3.05) is 16.5 Å². The van der Waals surface area contributed by atoms with Gasteiger partial charge in [0, 0.05) is 57.8 Å². The van der Waals surface area contributed by atoms with Gasteiger partial charge in [0.25, 0.3) is 0 Å². The van der Waals surface area contributed by atoms with Crippen molar-refractivity contribution in [2.24, 2.45) is 0 Å². The number of pyridine rings is 1. The summed E-state index contributed by atoms with van der Waals surface area (Å²) in [5.74, 6) is 2.46. The maximum Gasteiger partial charge on any atom is 0.137 e. The van der Waals surface area contributed by atoms with Gasteiger partial charge in [-0.25, -0.2) is 4.98 Å². The molecule has 1 aliphatic heterocycles. The van der Waals surface area contributed by atoms with Crippen LogP contribution in [0.2, 0.25) is 0 Å². The van der Waals surface area contributed by atoms with Crippen LogP contribution in [0, 0.1) is 0 Å². The quantitative estimate of drug-likeness (QED) is 0.152. The monoisotopic (exact) mass is 899 g/mol. The van der Waals surface area contributed by atoms with Crippen molar-refractivity contribution in [3.8, 4) is 28.4 Å². The third-order valence-electron chi connectivity index (χ3n) is 14.0. The molecule has 5 nitrogen and oxygen atoms in total. The maximum atomic E-state index is 7.07. The predicted octanol–water partition coefficient (Wildman–Crippen LogP) is 16.9. The smallest absolute Gasteiger partial charge is 0.137 e. The molecule has 0 atom stereocenters. The molecule has 68 heavy (non-hydrogen) atoms. The minimum absolute atomic E-state index is 0.0169. The van der Waals surface area contributed by atoms with Gasteiger partial charge in [0.15, 0.2) is 0 Å². The van der Waals surface area contributed by atoms with Crippen LogP contribution in [-0.4, -0.2) is 16.2 Å². The molecule has 8 aromatic rings. The summed E-state index contributed by atoms with van der Waals surface area (Å²) in [5.41, 5.74) is 14.0. The zero-order valence-corrected chi connectivity index (χ0v) is 42.9. The Bertz CT molecular complexity index is 3150. The first-order valence-electron chi connectivity index (χ1n) is 24.4. The van der Waals surface area contributed by atoms with E-state index in [1.165, 1.54) is 55.7 Å². The lowest BCUT2D eigenvalue weighted by atomic mass is 9.79. The number of allylic oxidation sites excluding steroid dienone is 1. The number of rotatable bonds is 8. The van der Waals surface area contributed by atoms with Crippen LogP contribution < -0.4 is 14.5 Å². The fourth-order valence-electron chi connectivity index (χ4n) is 9.50. The highest BCUT2D eigenvalue weighted by Crippen LogP contribution is 2.45. The van der Waals surface area contributed by atoms with Gasteiger partial charge in [-0.3, -0.25) is 4.57 Å². The Morgan fingerprint density at radius 2 is 1.04 bits per heavy atom. The van der Waals surface area contributed by atoms with E-state index < -0.39 is 0 Å². The van der Waals surface area contributed by atoms with Crippen molar-refractivity contribution < 1.29 is 4.74 Å². The molecule has 0 unspecified atom stereocenters. The molecule has 0 fully saturated rings. The fourth-order valence-corrected chi connectivity index (χ4v) is 9.50. The molecule has 6 aromatic carbocycles. The van der Waals surface area contributed by atoms with E-state index in [2.05, 4.69) is 263 Å². The summed E-state index contributed by atoms with van der Waals surface area (Å²) in [6.45, 7) is 32.9. The molecule has 2 aromatic heterocycles. The molecule has 3 heterocycles. The summed E-state index contributed by atoms with van der Waals surface area (Å²) in [6, 6.07) is 53.3. The van der Waals surface area contributed by atoms with Crippen LogP contribution in [0.3, 0.4) is 0 Å². The largest absolute Gasteiger partial charge is 0.457 e. The zero-order chi connectivity index (χ0) is 48.6. The third-order valence-corrected chi connectivity index (χ3v) is 14.0. The van der Waals surface area contributed by atoms with Crippen molar-refractivity contribution in [3.05, 3.63) is 192 Å². The summed E-state index contributed by atoms with van der Waals surface area (Å²) >= 11 is 0. The second-order valence-electron chi connectivity index (χ2n) is 23.6. The SMILES string of the molecule is CC(C)(C)c1cc(Oc2ccc3c4cc(-c5ccccc5)ccc4n(-c4cc(C(C)(C)C)ccn4)c3c2)cc(N2C=C(C(C)(C)c3ccccc3)N(c3cc(C(C)(C)C)cc(C(C)(C)C)c3)C2)c1. The van der Waals surface area contributed by atoms with Crippen LogP contribution in [0.1, 0.15) is 125 Å². The Hall–Kier alpha value is -6.59. The van der Waals surface area contributed by atoms with Crippen molar-refractivity contribution in [1.29, 1.82) is 0 Å². The third kappa shape index (κ3) is 9.08.